The predicted octanol–water partition coefficient (Wildman–Crippen LogP) is 10.8. The molecule has 1 amide bonds. The highest BCUT2D eigenvalue weighted by Crippen LogP contribution is 2.26. The van der Waals surface area contributed by atoms with E-state index in [1.54, 1.807) is 37.2 Å². The van der Waals surface area contributed by atoms with Crippen LogP contribution in [0.3, 0.4) is 0 Å². The van der Waals surface area contributed by atoms with Crippen molar-refractivity contribution in [2.24, 2.45) is 11.5 Å². The van der Waals surface area contributed by atoms with Crippen LogP contribution in [0.25, 0.3) is 34.0 Å². The Balaban J connectivity index is 0.000000403. The van der Waals surface area contributed by atoms with Crippen LogP contribution in [0.2, 0.25) is 0 Å². The van der Waals surface area contributed by atoms with Crippen molar-refractivity contribution < 1.29 is 27.5 Å². The number of aryl methyl sites for hydroxylation is 3. The van der Waals surface area contributed by atoms with Crippen molar-refractivity contribution in [3.05, 3.63) is 126 Å². The molecule has 58 heavy (non-hydrogen) atoms. The maximum Gasteiger partial charge on any atom is 0.408 e. The van der Waals surface area contributed by atoms with Gasteiger partial charge in [0.15, 0.2) is 0 Å². The van der Waals surface area contributed by atoms with Gasteiger partial charge in [-0.3, -0.25) is 15.0 Å². The summed E-state index contributed by atoms with van der Waals surface area (Å²) in [4.78, 5) is 23.8. The number of rotatable bonds is 9. The van der Waals surface area contributed by atoms with Gasteiger partial charge >= 0.3 is 6.09 Å². The molecule has 0 aliphatic heterocycles. The van der Waals surface area contributed by atoms with Crippen LogP contribution >= 0.6 is 35.6 Å². The van der Waals surface area contributed by atoms with E-state index >= 15 is 0 Å². The van der Waals surface area contributed by atoms with Crippen LogP contribution in [0, 0.1) is 20.8 Å². The number of halogens is 3. The molecule has 0 saturated heterocycles. The predicted molar refractivity (Wildman–Crippen MR) is 235 cm³/mol. The minimum atomic E-state index is -0.509. The van der Waals surface area contributed by atoms with E-state index in [1.807, 2.05) is 110 Å². The molecule has 0 bridgehead atoms. The molecule has 0 saturated carbocycles. The first-order valence-electron chi connectivity index (χ1n) is 18.4. The van der Waals surface area contributed by atoms with Crippen LogP contribution in [-0.4, -0.2) is 45.2 Å². The number of carbonyl (C=O) groups is 1. The van der Waals surface area contributed by atoms with Gasteiger partial charge < -0.3 is 39.5 Å². The number of hydrogen-bond donors (Lipinski definition) is 3. The van der Waals surface area contributed by atoms with E-state index in [0.29, 0.717) is 18.8 Å². The number of aromatic nitrogens is 3. The van der Waals surface area contributed by atoms with Crippen molar-refractivity contribution in [1.82, 2.24) is 20.3 Å². The largest absolute Gasteiger partial charge is 0.460 e. The molecule has 6 aromatic rings. The fourth-order valence-electron chi connectivity index (χ4n) is 4.73. The monoisotopic (exact) mass is 858 g/mol. The lowest BCUT2D eigenvalue weighted by Gasteiger charge is -2.19. The van der Waals surface area contributed by atoms with E-state index in [-0.39, 0.29) is 24.3 Å². The minimum Gasteiger partial charge on any atom is -0.460 e. The van der Waals surface area contributed by atoms with Gasteiger partial charge in [-0.25, -0.2) is 4.79 Å². The van der Waals surface area contributed by atoms with E-state index in [4.69, 9.17) is 57.4 Å². The molecule has 0 radical (unpaired) electrons. The van der Waals surface area contributed by atoms with Crippen molar-refractivity contribution in [2.45, 2.75) is 80.6 Å². The summed E-state index contributed by atoms with van der Waals surface area (Å²) >= 11 is 9.53. The highest BCUT2D eigenvalue weighted by molar-refractivity contribution is 6.40. The standard InChI is InChI=1S/C16H20N2O3.2C11H12N2O.C4H10O.CH2Cl2.ClH/c1-11-7-8-17-10-13(11)14-6-5-12(20-14)9-18-15(19)21-16(2,3)4;2*1-8-4-5-13-7-10(8)11-3-2-9(6-12)14-11;1-3-5-4-2;2-1-3;/h5-8,10H,9H2,1-4H3,(H,18,19);2*2-5,7H,6,12H2,1H3;3-4H2,1-2H3;1H2;1H. The number of nitrogens with zero attached hydrogens (tertiary/aromatic N) is 3. The van der Waals surface area contributed by atoms with Gasteiger partial charge in [0.25, 0.3) is 0 Å². The van der Waals surface area contributed by atoms with Crippen LogP contribution in [0.4, 0.5) is 4.79 Å². The fourth-order valence-corrected chi connectivity index (χ4v) is 4.73. The topological polar surface area (TPSA) is 178 Å². The van der Waals surface area contributed by atoms with Crippen molar-refractivity contribution in [3.63, 3.8) is 0 Å². The molecule has 0 spiro atoms. The molecule has 5 N–H and O–H groups in total. The number of carbonyl (C=O) groups excluding carboxylic acids is 1. The second kappa shape index (κ2) is 27.9. The summed E-state index contributed by atoms with van der Waals surface area (Å²) in [6.07, 6.45) is 10.2. The smallest absolute Gasteiger partial charge is 0.408 e. The minimum absolute atomic E-state index is 0. The molecule has 15 heteroatoms. The molecule has 0 aromatic carbocycles. The average molecular weight is 860 g/mol. The SMILES string of the molecule is CCOCC.Cc1ccncc1-c1ccc(CN)o1.Cc1ccncc1-c1ccc(CN)o1.Cc1ccncc1-c1ccc(CNC(=O)OC(C)(C)C)o1.Cl.ClCCl. The van der Waals surface area contributed by atoms with Gasteiger partial charge in [0.2, 0.25) is 0 Å². The number of furan rings is 3. The van der Waals surface area contributed by atoms with Gasteiger partial charge in [-0.2, -0.15) is 0 Å². The third-order valence-corrected chi connectivity index (χ3v) is 7.52. The number of hydrogen-bond acceptors (Lipinski definition) is 11. The molecule has 0 atom stereocenters. The molecular formula is C43H57Cl3N6O6. The molecule has 6 heterocycles. The molecular weight excluding hydrogens is 803 g/mol. The number of ether oxygens (including phenoxy) is 2. The Morgan fingerprint density at radius 2 is 1.00 bits per heavy atom. The third kappa shape index (κ3) is 18.7. The molecule has 316 valence electrons. The average Bonchev–Trinajstić information content (AvgIpc) is 3.97. The molecule has 6 aromatic heterocycles. The number of amides is 1. The highest BCUT2D eigenvalue weighted by Gasteiger charge is 2.16. The van der Waals surface area contributed by atoms with Crippen LogP contribution in [0.15, 0.2) is 105 Å². The third-order valence-electron chi connectivity index (χ3n) is 7.52. The second-order valence-electron chi connectivity index (χ2n) is 13.0. The zero-order valence-electron chi connectivity index (χ0n) is 34.5. The lowest BCUT2D eigenvalue weighted by Crippen LogP contribution is -2.32. The van der Waals surface area contributed by atoms with E-state index in [9.17, 15) is 4.79 Å². The van der Waals surface area contributed by atoms with Gasteiger partial charge in [0, 0.05) is 67.1 Å². The molecule has 6 rings (SSSR count). The summed E-state index contributed by atoms with van der Waals surface area (Å²) in [5.41, 5.74) is 16.8. The molecule has 0 unspecified atom stereocenters. The summed E-state index contributed by atoms with van der Waals surface area (Å²) in [5.74, 6) is 4.65. The summed E-state index contributed by atoms with van der Waals surface area (Å²) in [6, 6.07) is 17.2. The quantitative estimate of drug-likeness (QED) is 0.118. The fraction of sp³-hybridized carbons (Fsp3) is 0.349. The van der Waals surface area contributed by atoms with Gasteiger partial charge in [-0.15, -0.1) is 35.6 Å². The van der Waals surface area contributed by atoms with Crippen molar-refractivity contribution in [1.29, 1.82) is 0 Å². The Kier molecular flexibility index (Phi) is 24.7. The van der Waals surface area contributed by atoms with Crippen molar-refractivity contribution in [2.75, 3.05) is 18.6 Å². The maximum atomic E-state index is 11.6. The van der Waals surface area contributed by atoms with E-state index in [1.165, 1.54) is 0 Å². The molecule has 0 aliphatic carbocycles. The van der Waals surface area contributed by atoms with Crippen LogP contribution in [-0.2, 0) is 29.1 Å². The first-order chi connectivity index (χ1) is 27.3. The molecule has 0 fully saturated rings. The number of nitrogens with two attached hydrogens (primary N) is 2. The van der Waals surface area contributed by atoms with Gasteiger partial charge in [-0.05, 0) is 127 Å². The van der Waals surface area contributed by atoms with E-state index < -0.39 is 11.7 Å². The van der Waals surface area contributed by atoms with Crippen LogP contribution in [0.5, 0.6) is 0 Å². The normalized spacial score (nSPS) is 10.1. The first kappa shape index (κ1) is 51.3. The van der Waals surface area contributed by atoms with Crippen LogP contribution < -0.4 is 16.8 Å². The summed E-state index contributed by atoms with van der Waals surface area (Å²) in [5, 5.41) is 2.86. The Morgan fingerprint density at radius 3 is 1.28 bits per heavy atom. The van der Waals surface area contributed by atoms with Gasteiger partial charge in [0.1, 0.15) is 40.2 Å². The summed E-state index contributed by atoms with van der Waals surface area (Å²) in [7, 11) is 0. The lowest BCUT2D eigenvalue weighted by atomic mass is 10.1. The zero-order valence-corrected chi connectivity index (χ0v) is 36.8. The van der Waals surface area contributed by atoms with Gasteiger partial charge in [0.05, 0.1) is 25.0 Å². The zero-order chi connectivity index (χ0) is 42.2. The van der Waals surface area contributed by atoms with E-state index in [2.05, 4.69) is 20.3 Å². The number of nitrogens with one attached hydrogen (secondary N) is 1. The second-order valence-corrected chi connectivity index (χ2v) is 13.8. The summed E-state index contributed by atoms with van der Waals surface area (Å²) in [6.45, 7) is 18.3. The number of pyridine rings is 3. The molecule has 0 aliphatic rings. The Bertz CT molecular complexity index is 1940. The maximum absolute atomic E-state index is 11.6. The highest BCUT2D eigenvalue weighted by atomic mass is 35.5. The van der Waals surface area contributed by atoms with Crippen LogP contribution in [0.1, 0.15) is 68.6 Å². The van der Waals surface area contributed by atoms with Gasteiger partial charge in [-0.1, -0.05) is 0 Å². The van der Waals surface area contributed by atoms with E-state index in [0.717, 1.165) is 75.4 Å². The summed E-state index contributed by atoms with van der Waals surface area (Å²) < 4.78 is 26.8. The first-order valence-corrected chi connectivity index (χ1v) is 19.4. The van der Waals surface area contributed by atoms with Crippen molar-refractivity contribution in [3.8, 4) is 34.0 Å². The van der Waals surface area contributed by atoms with Crippen molar-refractivity contribution >= 4 is 41.7 Å². The number of alkyl halides is 2. The Morgan fingerprint density at radius 1 is 0.655 bits per heavy atom. The Labute approximate surface area is 358 Å². The number of alkyl carbamates (subject to hydrolysis) is 1. The molecule has 12 nitrogen and oxygen atoms in total. The Hall–Kier alpha value is -4.69. The lowest BCUT2D eigenvalue weighted by molar-refractivity contribution is 0.0520.